The number of rotatable bonds is 6. The molecule has 6 nitrogen and oxygen atoms in total. The van der Waals surface area contributed by atoms with Gasteiger partial charge < -0.3 is 21.7 Å². The molecule has 0 amide bonds. The Morgan fingerprint density at radius 3 is 1.24 bits per heavy atom. The van der Waals surface area contributed by atoms with Gasteiger partial charge in [-0.2, -0.15) is 0 Å². The Morgan fingerprint density at radius 1 is 0.720 bits per heavy atom. The van der Waals surface area contributed by atoms with Crippen LogP contribution >= 0.6 is 0 Å². The van der Waals surface area contributed by atoms with Gasteiger partial charge in [0.25, 0.3) is 0 Å². The normalized spacial score (nSPS) is 11.9. The molecular formula is C18H22CuN2O4. The van der Waals surface area contributed by atoms with Crippen molar-refractivity contribution < 1.29 is 36.9 Å². The summed E-state index contributed by atoms with van der Waals surface area (Å²) in [7, 11) is 0. The van der Waals surface area contributed by atoms with E-state index in [2.05, 4.69) is 0 Å². The first-order chi connectivity index (χ1) is 11.4. The van der Waals surface area contributed by atoms with Gasteiger partial charge in [-0.1, -0.05) is 60.7 Å². The maximum Gasteiger partial charge on any atom is 0.320 e. The van der Waals surface area contributed by atoms with Crippen molar-refractivity contribution in [2.45, 2.75) is 24.9 Å². The molecular weight excluding hydrogens is 372 g/mol. The minimum atomic E-state index is -0.959. The fourth-order valence-electron chi connectivity index (χ4n) is 1.91. The monoisotopic (exact) mass is 393 g/mol. The van der Waals surface area contributed by atoms with Crippen LogP contribution in [0.4, 0.5) is 0 Å². The fraction of sp³-hybridized carbons (Fsp3) is 0.222. The standard InChI is InChI=1S/2C9H11NO2.Cu/c2*10-8(9(11)12)6-7-4-2-1-3-5-7;/h2*1-5,8H,6,10H2,(H,11,12);/t2*8-;/m00./s1. The summed E-state index contributed by atoms with van der Waals surface area (Å²) in [5, 5.41) is 17.0. The van der Waals surface area contributed by atoms with E-state index in [1.54, 1.807) is 0 Å². The summed E-state index contributed by atoms with van der Waals surface area (Å²) in [6.07, 6.45) is 0.770. The molecule has 2 atom stereocenters. The van der Waals surface area contributed by atoms with Crippen LogP contribution in [0.25, 0.3) is 0 Å². The minimum absolute atomic E-state index is 0. The molecule has 2 aromatic rings. The van der Waals surface area contributed by atoms with Gasteiger partial charge in [0.1, 0.15) is 12.1 Å². The summed E-state index contributed by atoms with van der Waals surface area (Å²) < 4.78 is 0. The molecule has 0 fully saturated rings. The second-order valence-electron chi connectivity index (χ2n) is 5.27. The van der Waals surface area contributed by atoms with Gasteiger partial charge in [0.2, 0.25) is 0 Å². The third-order valence-corrected chi connectivity index (χ3v) is 3.23. The van der Waals surface area contributed by atoms with Crippen LogP contribution in [0, 0.1) is 0 Å². The molecule has 25 heavy (non-hydrogen) atoms. The number of carbonyl (C=O) groups is 2. The second-order valence-corrected chi connectivity index (χ2v) is 5.27. The number of benzene rings is 2. The maximum atomic E-state index is 10.4. The van der Waals surface area contributed by atoms with Crippen LogP contribution in [0.5, 0.6) is 0 Å². The van der Waals surface area contributed by atoms with Crippen LogP contribution < -0.4 is 11.5 Å². The van der Waals surface area contributed by atoms with E-state index in [4.69, 9.17) is 21.7 Å². The van der Waals surface area contributed by atoms with Crippen molar-refractivity contribution in [3.8, 4) is 0 Å². The number of aliphatic carboxylic acids is 2. The maximum absolute atomic E-state index is 10.4. The summed E-state index contributed by atoms with van der Waals surface area (Å²) >= 11 is 0. The summed E-state index contributed by atoms with van der Waals surface area (Å²) in [5.74, 6) is -1.92. The van der Waals surface area contributed by atoms with Crippen LogP contribution in [0.3, 0.4) is 0 Å². The van der Waals surface area contributed by atoms with Crippen LogP contribution in [0.1, 0.15) is 11.1 Å². The van der Waals surface area contributed by atoms with Crippen LogP contribution in [-0.2, 0) is 39.5 Å². The van der Waals surface area contributed by atoms with Crippen LogP contribution in [-0.4, -0.2) is 34.2 Å². The van der Waals surface area contributed by atoms with Gasteiger partial charge in [-0.25, -0.2) is 0 Å². The van der Waals surface area contributed by atoms with Gasteiger partial charge in [0, 0.05) is 17.1 Å². The van der Waals surface area contributed by atoms with E-state index >= 15 is 0 Å². The average molecular weight is 394 g/mol. The van der Waals surface area contributed by atoms with Gasteiger partial charge in [-0.05, 0) is 24.0 Å². The quantitative estimate of drug-likeness (QED) is 0.547. The number of carboxylic acids is 2. The minimum Gasteiger partial charge on any atom is -0.480 e. The molecule has 0 unspecified atom stereocenters. The Kier molecular flexibility index (Phi) is 11.2. The molecule has 6 N–H and O–H groups in total. The van der Waals surface area contributed by atoms with Crippen molar-refractivity contribution in [2.24, 2.45) is 11.5 Å². The van der Waals surface area contributed by atoms with E-state index in [0.717, 1.165) is 11.1 Å². The first-order valence-corrected chi connectivity index (χ1v) is 7.44. The molecule has 0 bridgehead atoms. The Bertz CT molecular complexity index is 581. The summed E-state index contributed by atoms with van der Waals surface area (Å²) in [4.78, 5) is 20.8. The molecule has 1 radical (unpaired) electrons. The molecule has 0 aliphatic rings. The zero-order valence-electron chi connectivity index (χ0n) is 13.5. The third kappa shape index (κ3) is 9.64. The smallest absolute Gasteiger partial charge is 0.320 e. The summed E-state index contributed by atoms with van der Waals surface area (Å²) in [6.45, 7) is 0. The summed E-state index contributed by atoms with van der Waals surface area (Å²) in [5.41, 5.74) is 12.6. The molecule has 0 saturated heterocycles. The van der Waals surface area contributed by atoms with E-state index in [9.17, 15) is 9.59 Å². The zero-order valence-corrected chi connectivity index (χ0v) is 14.5. The van der Waals surface area contributed by atoms with Gasteiger partial charge in [0.05, 0.1) is 0 Å². The Morgan fingerprint density at radius 2 is 1.00 bits per heavy atom. The van der Waals surface area contributed by atoms with Gasteiger partial charge in [-0.3, -0.25) is 9.59 Å². The average Bonchev–Trinajstić information content (AvgIpc) is 2.57. The molecule has 0 aliphatic heterocycles. The molecule has 0 aromatic heterocycles. The van der Waals surface area contributed by atoms with Crippen molar-refractivity contribution in [2.75, 3.05) is 0 Å². The van der Waals surface area contributed by atoms with Gasteiger partial charge >= 0.3 is 11.9 Å². The molecule has 139 valence electrons. The van der Waals surface area contributed by atoms with Crippen molar-refractivity contribution in [3.63, 3.8) is 0 Å². The largest absolute Gasteiger partial charge is 0.480 e. The Balaban J connectivity index is 0.000000443. The Labute approximate surface area is 157 Å². The van der Waals surface area contributed by atoms with Crippen molar-refractivity contribution in [1.82, 2.24) is 0 Å². The number of carboxylic acid groups (broad SMARTS) is 2. The predicted molar refractivity (Wildman–Crippen MR) is 91.5 cm³/mol. The molecule has 0 heterocycles. The molecule has 7 heteroatoms. The predicted octanol–water partition coefficient (Wildman–Crippen LogP) is 1.28. The van der Waals surface area contributed by atoms with E-state index in [-0.39, 0.29) is 17.1 Å². The third-order valence-electron chi connectivity index (χ3n) is 3.23. The zero-order chi connectivity index (χ0) is 17.9. The van der Waals surface area contributed by atoms with Gasteiger partial charge in [0.15, 0.2) is 0 Å². The van der Waals surface area contributed by atoms with Crippen molar-refractivity contribution in [1.29, 1.82) is 0 Å². The number of nitrogens with two attached hydrogens (primary N) is 2. The van der Waals surface area contributed by atoms with E-state index < -0.39 is 24.0 Å². The van der Waals surface area contributed by atoms with E-state index in [0.29, 0.717) is 12.8 Å². The topological polar surface area (TPSA) is 127 Å². The molecule has 2 rings (SSSR count). The van der Waals surface area contributed by atoms with Crippen LogP contribution in [0.15, 0.2) is 60.7 Å². The number of hydrogen-bond acceptors (Lipinski definition) is 4. The number of hydrogen-bond donors (Lipinski definition) is 4. The Hall–Kier alpha value is -2.18. The molecule has 2 aromatic carbocycles. The van der Waals surface area contributed by atoms with Crippen molar-refractivity contribution >= 4 is 11.9 Å². The first-order valence-electron chi connectivity index (χ1n) is 7.44. The molecule has 0 aliphatic carbocycles. The van der Waals surface area contributed by atoms with Gasteiger partial charge in [-0.15, -0.1) is 0 Å². The molecule has 0 spiro atoms. The van der Waals surface area contributed by atoms with Crippen LogP contribution in [0.2, 0.25) is 0 Å². The fourth-order valence-corrected chi connectivity index (χ4v) is 1.91. The van der Waals surface area contributed by atoms with E-state index in [1.807, 2.05) is 60.7 Å². The van der Waals surface area contributed by atoms with E-state index in [1.165, 1.54) is 0 Å². The first kappa shape index (κ1) is 22.8. The van der Waals surface area contributed by atoms with Crippen molar-refractivity contribution in [3.05, 3.63) is 71.8 Å². The second kappa shape index (κ2) is 12.2. The molecule has 0 saturated carbocycles. The summed E-state index contributed by atoms with van der Waals surface area (Å²) in [6, 6.07) is 17.1. The SMILES string of the molecule is N[C@@H](Cc1ccccc1)C(=O)O.N[C@@H](Cc1ccccc1)C(=O)O.[Cu].